The summed E-state index contributed by atoms with van der Waals surface area (Å²) in [5.74, 6) is -0.570. The molecule has 0 bridgehead atoms. The average Bonchev–Trinajstić information content (AvgIpc) is 1.16. The van der Waals surface area contributed by atoms with E-state index in [0.29, 0.717) is 25.7 Å². The summed E-state index contributed by atoms with van der Waals surface area (Å²) >= 11 is 0. The highest BCUT2D eigenvalue weighted by Gasteiger charge is 2.30. The smallest absolute Gasteiger partial charge is 0.462 e. The summed E-state index contributed by atoms with van der Waals surface area (Å²) in [6.45, 7) is 9.65. The molecule has 17 nitrogen and oxygen atoms in total. The van der Waals surface area contributed by atoms with E-state index in [9.17, 15) is 43.2 Å². The van der Waals surface area contributed by atoms with Gasteiger partial charge in [0.25, 0.3) is 0 Å². The molecule has 0 aliphatic heterocycles. The minimum absolute atomic E-state index is 0.108. The molecular weight excluding hydrogens is 1320 g/mol. The standard InChI is InChI=1S/C82H160O17P2/c1-7-9-11-13-15-17-19-21-23-24-25-27-31-36-42-49-55-61-67-82(87)98-77(70-92-79(84)64-58-52-46-40-34-32-28-29-33-38-44-50-56-62-74(3)4)72-96-100(88,89)94-68-76(83)69-95-101(90,91)97-73-78(71-93-80(85)65-59-53-47-43-37-39-45-51-57-63-75(5)6)99-81(86)66-60-54-48-41-35-30-26-22-20-18-16-14-12-10-8-2/h74-78,83H,7-73H2,1-6H3,(H,88,89)(H,90,91)/t76-,77-,78-/m1/s1. The Kier molecular flexibility index (Phi) is 72.2. The third-order valence-corrected chi connectivity index (χ3v) is 21.1. The first kappa shape index (κ1) is 99.1. The summed E-state index contributed by atoms with van der Waals surface area (Å²) in [7, 11) is -9.92. The van der Waals surface area contributed by atoms with Gasteiger partial charge in [-0.3, -0.25) is 37.3 Å². The topological polar surface area (TPSA) is 237 Å². The SMILES string of the molecule is CCCCCCCCCCCCCCCCCCCCC(=O)O[C@H](COC(=O)CCCCCCCCCCCCCCCC(C)C)COP(=O)(O)OC[C@@H](O)COP(=O)(O)OC[C@@H](COC(=O)CCCCCCCCCCCC(C)C)OC(=O)CCCCCCCCCCCCCCCCC. The molecule has 19 heteroatoms. The fourth-order valence-electron chi connectivity index (χ4n) is 12.7. The first-order valence-electron chi connectivity index (χ1n) is 42.5. The van der Waals surface area contributed by atoms with Gasteiger partial charge in [-0.05, 0) is 37.5 Å². The van der Waals surface area contributed by atoms with Crippen LogP contribution in [0, 0.1) is 11.8 Å². The van der Waals surface area contributed by atoms with Crippen LogP contribution in [-0.2, 0) is 65.4 Å². The zero-order valence-electron chi connectivity index (χ0n) is 66.2. The molecule has 0 rings (SSSR count). The molecule has 0 amide bonds. The normalized spacial score (nSPS) is 13.9. The summed E-state index contributed by atoms with van der Waals surface area (Å²) in [6, 6.07) is 0. The average molecular weight is 1480 g/mol. The van der Waals surface area contributed by atoms with Gasteiger partial charge < -0.3 is 33.8 Å². The van der Waals surface area contributed by atoms with Crippen molar-refractivity contribution in [2.75, 3.05) is 39.6 Å². The Hall–Kier alpha value is -1.94. The number of aliphatic hydroxyl groups excluding tert-OH is 1. The van der Waals surface area contributed by atoms with Gasteiger partial charge in [-0.1, -0.05) is 382 Å². The van der Waals surface area contributed by atoms with Gasteiger partial charge in [0.05, 0.1) is 26.4 Å². The van der Waals surface area contributed by atoms with Crippen LogP contribution < -0.4 is 0 Å². The molecule has 5 atom stereocenters. The van der Waals surface area contributed by atoms with Crippen molar-refractivity contribution < 1.29 is 80.2 Å². The Morgan fingerprint density at radius 1 is 0.267 bits per heavy atom. The van der Waals surface area contributed by atoms with E-state index in [0.717, 1.165) is 102 Å². The lowest BCUT2D eigenvalue weighted by Gasteiger charge is -2.21. The van der Waals surface area contributed by atoms with Crippen LogP contribution >= 0.6 is 15.6 Å². The monoisotopic (exact) mass is 1480 g/mol. The second kappa shape index (κ2) is 73.6. The van der Waals surface area contributed by atoms with Gasteiger partial charge in [-0.25, -0.2) is 9.13 Å². The van der Waals surface area contributed by atoms with Crippen LogP contribution in [0.4, 0.5) is 0 Å². The number of carbonyl (C=O) groups is 4. The number of esters is 4. The molecule has 0 spiro atoms. The lowest BCUT2D eigenvalue weighted by molar-refractivity contribution is -0.161. The largest absolute Gasteiger partial charge is 0.472 e. The maximum Gasteiger partial charge on any atom is 0.472 e. The van der Waals surface area contributed by atoms with Gasteiger partial charge in [-0.2, -0.15) is 0 Å². The van der Waals surface area contributed by atoms with Crippen molar-refractivity contribution in [2.24, 2.45) is 11.8 Å². The molecule has 0 fully saturated rings. The zero-order valence-corrected chi connectivity index (χ0v) is 68.0. The van der Waals surface area contributed by atoms with Crippen LogP contribution in [0.3, 0.4) is 0 Å². The predicted octanol–water partition coefficient (Wildman–Crippen LogP) is 24.7. The molecule has 0 saturated heterocycles. The fraction of sp³-hybridized carbons (Fsp3) is 0.951. The number of aliphatic hydroxyl groups is 1. The van der Waals surface area contributed by atoms with Crippen molar-refractivity contribution >= 4 is 39.5 Å². The van der Waals surface area contributed by atoms with Crippen LogP contribution in [-0.4, -0.2) is 96.7 Å². The molecule has 0 aliphatic carbocycles. The van der Waals surface area contributed by atoms with Crippen molar-refractivity contribution in [3.8, 4) is 0 Å². The highest BCUT2D eigenvalue weighted by Crippen LogP contribution is 2.45. The maximum atomic E-state index is 13.1. The van der Waals surface area contributed by atoms with Gasteiger partial charge in [0.1, 0.15) is 19.3 Å². The molecule has 0 heterocycles. The lowest BCUT2D eigenvalue weighted by Crippen LogP contribution is -2.30. The number of hydrogen-bond acceptors (Lipinski definition) is 15. The first-order valence-corrected chi connectivity index (χ1v) is 45.5. The van der Waals surface area contributed by atoms with Crippen molar-refractivity contribution in [3.63, 3.8) is 0 Å². The molecule has 0 saturated carbocycles. The van der Waals surface area contributed by atoms with Crippen molar-refractivity contribution in [1.82, 2.24) is 0 Å². The molecule has 0 aromatic rings. The van der Waals surface area contributed by atoms with Crippen molar-refractivity contribution in [3.05, 3.63) is 0 Å². The Morgan fingerprint density at radius 3 is 0.673 bits per heavy atom. The summed E-state index contributed by atoms with van der Waals surface area (Å²) in [5.41, 5.74) is 0. The Labute approximate surface area is 619 Å². The molecule has 0 aliphatic rings. The Bertz CT molecular complexity index is 1940. The Morgan fingerprint density at radius 2 is 0.455 bits per heavy atom. The van der Waals surface area contributed by atoms with Gasteiger partial charge in [0.15, 0.2) is 12.2 Å². The zero-order chi connectivity index (χ0) is 74.2. The number of hydrogen-bond donors (Lipinski definition) is 3. The fourth-order valence-corrected chi connectivity index (χ4v) is 14.3. The number of phosphoric ester groups is 2. The molecular formula is C82H160O17P2. The van der Waals surface area contributed by atoms with E-state index in [1.165, 1.54) is 250 Å². The number of ether oxygens (including phenoxy) is 4. The summed E-state index contributed by atoms with van der Waals surface area (Å²) in [4.78, 5) is 73.1. The van der Waals surface area contributed by atoms with Crippen LogP contribution in [0.25, 0.3) is 0 Å². The maximum absolute atomic E-state index is 13.1. The summed E-state index contributed by atoms with van der Waals surface area (Å²) in [6.07, 6.45) is 63.7. The molecule has 101 heavy (non-hydrogen) atoms. The van der Waals surface area contributed by atoms with Gasteiger partial charge in [0.2, 0.25) is 0 Å². The number of phosphoric acid groups is 2. The molecule has 0 aromatic heterocycles. The van der Waals surface area contributed by atoms with Crippen molar-refractivity contribution in [1.29, 1.82) is 0 Å². The number of carbonyl (C=O) groups excluding carboxylic acids is 4. The second-order valence-corrected chi connectivity index (χ2v) is 33.4. The van der Waals surface area contributed by atoms with E-state index < -0.39 is 97.5 Å². The van der Waals surface area contributed by atoms with E-state index >= 15 is 0 Å². The number of unbranched alkanes of at least 4 members (excludes halogenated alkanes) is 51. The third-order valence-electron chi connectivity index (χ3n) is 19.2. The Balaban J connectivity index is 5.26. The van der Waals surface area contributed by atoms with Gasteiger partial charge in [-0.15, -0.1) is 0 Å². The molecule has 2 unspecified atom stereocenters. The van der Waals surface area contributed by atoms with E-state index in [-0.39, 0.29) is 25.7 Å². The van der Waals surface area contributed by atoms with E-state index in [1.54, 1.807) is 0 Å². The van der Waals surface area contributed by atoms with Crippen LogP contribution in [0.1, 0.15) is 433 Å². The number of rotatable bonds is 81. The lowest BCUT2D eigenvalue weighted by atomic mass is 10.0. The minimum atomic E-state index is -4.96. The van der Waals surface area contributed by atoms with Crippen LogP contribution in [0.5, 0.6) is 0 Å². The molecule has 0 radical (unpaired) electrons. The molecule has 600 valence electrons. The first-order chi connectivity index (χ1) is 48.9. The van der Waals surface area contributed by atoms with Gasteiger partial charge >= 0.3 is 39.5 Å². The van der Waals surface area contributed by atoms with Crippen molar-refractivity contribution in [2.45, 2.75) is 452 Å². The molecule has 3 N–H and O–H groups in total. The van der Waals surface area contributed by atoms with Gasteiger partial charge in [0, 0.05) is 25.7 Å². The minimum Gasteiger partial charge on any atom is -0.462 e. The summed E-state index contributed by atoms with van der Waals surface area (Å²) in [5, 5.41) is 10.7. The highest BCUT2D eigenvalue weighted by atomic mass is 31.2. The predicted molar refractivity (Wildman–Crippen MR) is 414 cm³/mol. The van der Waals surface area contributed by atoms with E-state index in [4.69, 9.17) is 37.0 Å². The van der Waals surface area contributed by atoms with E-state index in [2.05, 4.69) is 41.5 Å². The summed E-state index contributed by atoms with van der Waals surface area (Å²) < 4.78 is 68.8. The van der Waals surface area contributed by atoms with Crippen LogP contribution in [0.15, 0.2) is 0 Å². The van der Waals surface area contributed by atoms with Crippen LogP contribution in [0.2, 0.25) is 0 Å². The van der Waals surface area contributed by atoms with E-state index in [1.807, 2.05) is 0 Å². The quantitative estimate of drug-likeness (QED) is 0.0222. The highest BCUT2D eigenvalue weighted by molar-refractivity contribution is 7.47. The second-order valence-electron chi connectivity index (χ2n) is 30.5. The molecule has 0 aromatic carbocycles. The third kappa shape index (κ3) is 76.1.